The van der Waals surface area contributed by atoms with Crippen LogP contribution >= 0.6 is 11.8 Å². The number of Topliss-reactive ketones (excluding diaryl/α,β-unsaturated/α-hetero) is 1. The van der Waals surface area contributed by atoms with Gasteiger partial charge in [0, 0.05) is 5.56 Å². The molecule has 0 spiro atoms. The fraction of sp³-hybridized carbons (Fsp3) is 0.167. The Morgan fingerprint density at radius 1 is 0.923 bits per heavy atom. The number of ketones is 1. The molecule has 1 aliphatic heterocycles. The Balaban J connectivity index is 1.32. The molecule has 0 radical (unpaired) electrons. The largest absolute Gasteiger partial charge is 0.497 e. The van der Waals surface area contributed by atoms with Gasteiger partial charge in [-0.25, -0.2) is 4.39 Å². The monoisotopic (exact) mass is 546 g/mol. The first-order chi connectivity index (χ1) is 18.8. The molecule has 9 heteroatoms. The van der Waals surface area contributed by atoms with Crippen LogP contribution in [0.2, 0.25) is 0 Å². The Kier molecular flexibility index (Phi) is 7.51. The molecule has 1 fully saturated rings. The van der Waals surface area contributed by atoms with Crippen molar-refractivity contribution in [1.29, 1.82) is 0 Å². The van der Waals surface area contributed by atoms with Crippen molar-refractivity contribution in [1.82, 2.24) is 0 Å². The number of methoxy groups -OCH3 is 1. The molecule has 0 saturated carbocycles. The Labute approximate surface area is 227 Å². The van der Waals surface area contributed by atoms with E-state index in [9.17, 15) is 18.8 Å². The quantitative estimate of drug-likeness (QED) is 0.150. The van der Waals surface area contributed by atoms with E-state index < -0.39 is 11.2 Å². The smallest absolute Gasteiger partial charge is 0.235 e. The lowest BCUT2D eigenvalue weighted by molar-refractivity contribution is -0.119. The van der Waals surface area contributed by atoms with Crippen LogP contribution in [0.15, 0.2) is 80.8 Å². The summed E-state index contributed by atoms with van der Waals surface area (Å²) < 4.78 is 36.6. The predicted molar refractivity (Wildman–Crippen MR) is 147 cm³/mol. The molecule has 0 bridgehead atoms. The summed E-state index contributed by atoms with van der Waals surface area (Å²) in [5.74, 6) is 0.650. The van der Waals surface area contributed by atoms with Crippen LogP contribution < -0.4 is 19.6 Å². The highest BCUT2D eigenvalue weighted by Gasteiger charge is 2.28. The molecule has 0 N–H and O–H groups in total. The molecule has 198 valence electrons. The summed E-state index contributed by atoms with van der Waals surface area (Å²) in [5.41, 5.74) is 1.90. The highest BCUT2D eigenvalue weighted by molar-refractivity contribution is 8.18. The minimum Gasteiger partial charge on any atom is -0.497 e. The van der Waals surface area contributed by atoms with Crippen molar-refractivity contribution in [2.24, 2.45) is 0 Å². The van der Waals surface area contributed by atoms with Crippen LogP contribution in [0.4, 0.5) is 4.39 Å². The lowest BCUT2D eigenvalue weighted by Crippen LogP contribution is -2.15. The number of carbonyl (C=O) groups excluding carboxylic acids is 2. The molecule has 4 aromatic rings. The maximum atomic E-state index is 13.9. The van der Waals surface area contributed by atoms with Gasteiger partial charge in [-0.1, -0.05) is 12.1 Å². The van der Waals surface area contributed by atoms with Gasteiger partial charge in [0.1, 0.15) is 36.1 Å². The van der Waals surface area contributed by atoms with Gasteiger partial charge < -0.3 is 18.6 Å². The van der Waals surface area contributed by atoms with Crippen LogP contribution in [-0.2, 0) is 9.59 Å². The SMILES string of the molecule is COc1ccc(-c2oc3ccc(F)cc3c(=O)c2OCCOc2ccc(/C(C)=C3\SC(=O)CC3=O)cc2)cc1. The number of thioether (sulfide) groups is 1. The molecular weight excluding hydrogens is 523 g/mol. The molecule has 1 aromatic heterocycles. The van der Waals surface area contributed by atoms with Gasteiger partial charge in [-0.15, -0.1) is 0 Å². The second-order valence-corrected chi connectivity index (χ2v) is 9.78. The molecule has 1 aliphatic rings. The minimum atomic E-state index is -0.557. The Bertz CT molecular complexity index is 1650. The molecular formula is C30H23FO7S. The third-order valence-corrected chi connectivity index (χ3v) is 7.27. The Morgan fingerprint density at radius 3 is 2.28 bits per heavy atom. The first-order valence-corrected chi connectivity index (χ1v) is 12.9. The summed E-state index contributed by atoms with van der Waals surface area (Å²) >= 11 is 0.982. The third-order valence-electron chi connectivity index (χ3n) is 6.16. The number of allylic oxidation sites excluding steroid dienone is 2. The summed E-state index contributed by atoms with van der Waals surface area (Å²) in [4.78, 5) is 37.3. The number of hydrogen-bond donors (Lipinski definition) is 0. The molecule has 0 unspecified atom stereocenters. The van der Waals surface area contributed by atoms with Crippen LogP contribution in [0.3, 0.4) is 0 Å². The van der Waals surface area contributed by atoms with Gasteiger partial charge in [-0.3, -0.25) is 14.4 Å². The van der Waals surface area contributed by atoms with E-state index in [-0.39, 0.29) is 53.0 Å². The normalized spacial score (nSPS) is 14.5. The number of benzene rings is 3. The summed E-state index contributed by atoms with van der Waals surface area (Å²) in [5, 5.41) is -0.0705. The zero-order chi connectivity index (χ0) is 27.5. The minimum absolute atomic E-state index is 0.0207. The van der Waals surface area contributed by atoms with Crippen molar-refractivity contribution in [3.8, 4) is 28.6 Å². The average Bonchev–Trinajstić information content (AvgIpc) is 3.29. The lowest BCUT2D eigenvalue weighted by Gasteiger charge is -2.13. The number of hydrogen-bond acceptors (Lipinski definition) is 8. The van der Waals surface area contributed by atoms with Crippen LogP contribution in [0.5, 0.6) is 17.2 Å². The van der Waals surface area contributed by atoms with Gasteiger partial charge in [0.2, 0.25) is 16.3 Å². The van der Waals surface area contributed by atoms with Gasteiger partial charge in [0.25, 0.3) is 0 Å². The second-order valence-electron chi connectivity index (χ2n) is 8.71. The first-order valence-electron chi connectivity index (χ1n) is 12.1. The van der Waals surface area contributed by atoms with Gasteiger partial charge >= 0.3 is 0 Å². The third kappa shape index (κ3) is 5.58. The van der Waals surface area contributed by atoms with Gasteiger partial charge in [0.05, 0.1) is 23.8 Å². The average molecular weight is 547 g/mol. The lowest BCUT2D eigenvalue weighted by atomic mass is 10.1. The highest BCUT2D eigenvalue weighted by Crippen LogP contribution is 2.36. The summed E-state index contributed by atoms with van der Waals surface area (Å²) in [6.07, 6.45) is -0.0663. The zero-order valence-corrected chi connectivity index (χ0v) is 21.9. The Morgan fingerprint density at radius 2 is 1.62 bits per heavy atom. The fourth-order valence-corrected chi connectivity index (χ4v) is 5.04. The number of carbonyl (C=O) groups is 2. The molecule has 0 aliphatic carbocycles. The number of rotatable bonds is 8. The van der Waals surface area contributed by atoms with Crippen LogP contribution in [0.25, 0.3) is 27.9 Å². The van der Waals surface area contributed by atoms with Crippen molar-refractivity contribution in [2.75, 3.05) is 20.3 Å². The van der Waals surface area contributed by atoms with Gasteiger partial charge in [-0.05, 0) is 84.4 Å². The molecule has 2 heterocycles. The molecule has 0 amide bonds. The van der Waals surface area contributed by atoms with Crippen molar-refractivity contribution in [3.63, 3.8) is 0 Å². The van der Waals surface area contributed by atoms with E-state index in [4.69, 9.17) is 18.6 Å². The number of halogens is 1. The van der Waals surface area contributed by atoms with E-state index in [0.29, 0.717) is 22.0 Å². The number of fused-ring (bicyclic) bond motifs is 1. The van der Waals surface area contributed by atoms with Gasteiger partial charge in [-0.2, -0.15) is 0 Å². The van der Waals surface area contributed by atoms with Crippen molar-refractivity contribution >= 4 is 39.2 Å². The van der Waals surface area contributed by atoms with Crippen molar-refractivity contribution in [2.45, 2.75) is 13.3 Å². The van der Waals surface area contributed by atoms with E-state index in [1.165, 1.54) is 12.1 Å². The summed E-state index contributed by atoms with van der Waals surface area (Å²) in [6.45, 7) is 1.95. The van der Waals surface area contributed by atoms with E-state index in [0.717, 1.165) is 29.0 Å². The van der Waals surface area contributed by atoms with E-state index in [2.05, 4.69) is 0 Å². The van der Waals surface area contributed by atoms with Crippen molar-refractivity contribution in [3.05, 3.63) is 93.2 Å². The summed E-state index contributed by atoms with van der Waals surface area (Å²) in [7, 11) is 1.55. The number of ether oxygens (including phenoxy) is 3. The maximum Gasteiger partial charge on any atom is 0.235 e. The molecule has 3 aromatic carbocycles. The topological polar surface area (TPSA) is 92.0 Å². The predicted octanol–water partition coefficient (Wildman–Crippen LogP) is 6.03. The molecule has 39 heavy (non-hydrogen) atoms. The van der Waals surface area contributed by atoms with Crippen LogP contribution in [0, 0.1) is 5.82 Å². The summed E-state index contributed by atoms with van der Waals surface area (Å²) in [6, 6.07) is 17.8. The Hall–Kier alpha value is -4.37. The van der Waals surface area contributed by atoms with Crippen LogP contribution in [0.1, 0.15) is 18.9 Å². The highest BCUT2D eigenvalue weighted by atomic mass is 32.2. The van der Waals surface area contributed by atoms with Crippen LogP contribution in [-0.4, -0.2) is 31.2 Å². The molecule has 0 atom stereocenters. The van der Waals surface area contributed by atoms with E-state index >= 15 is 0 Å². The zero-order valence-electron chi connectivity index (χ0n) is 21.1. The molecule has 5 rings (SSSR count). The standard InChI is InChI=1S/C30H23FO7S/c1-17(30-24(32)16-26(33)39-30)18-3-10-22(11-4-18)36-13-14-37-29-27(34)23-15-20(31)7-12-25(23)38-28(29)19-5-8-21(35-2)9-6-19/h3-12,15H,13-14,16H2,1-2H3/b30-17-. The maximum absolute atomic E-state index is 13.9. The van der Waals surface area contributed by atoms with E-state index in [1.807, 2.05) is 19.1 Å². The van der Waals surface area contributed by atoms with E-state index in [1.54, 1.807) is 43.5 Å². The molecule has 7 nitrogen and oxygen atoms in total. The van der Waals surface area contributed by atoms with Gasteiger partial charge in [0.15, 0.2) is 11.5 Å². The molecule has 1 saturated heterocycles. The first kappa shape index (κ1) is 26.2. The second kappa shape index (κ2) is 11.2. The fourth-order valence-electron chi connectivity index (χ4n) is 4.15. The van der Waals surface area contributed by atoms with Crippen molar-refractivity contribution < 1.29 is 32.6 Å².